The van der Waals surface area contributed by atoms with Crippen LogP contribution in [0.3, 0.4) is 0 Å². The maximum Gasteiger partial charge on any atom is 0.242 e. The van der Waals surface area contributed by atoms with Crippen molar-refractivity contribution in [2.24, 2.45) is 5.41 Å². The molecule has 3 saturated heterocycles. The van der Waals surface area contributed by atoms with Crippen molar-refractivity contribution < 1.29 is 18.4 Å². The molecule has 0 saturated carbocycles. The standard InChI is InChI=1S/C22H29F2N3O2/c23-18-6-5-17(12-19(18)24)13-25-9-3-7-22(15-25)8-11-27(16-22)21(29)14-26-10-2-1-4-20(26)28/h5-6,12H,1-4,7-11,13-16H2. The molecule has 0 aromatic heterocycles. The van der Waals surface area contributed by atoms with Gasteiger partial charge in [0.2, 0.25) is 11.8 Å². The highest BCUT2D eigenvalue weighted by Crippen LogP contribution is 2.39. The molecule has 3 heterocycles. The topological polar surface area (TPSA) is 43.9 Å². The van der Waals surface area contributed by atoms with Crippen LogP contribution in [0, 0.1) is 17.0 Å². The summed E-state index contributed by atoms with van der Waals surface area (Å²) in [7, 11) is 0. The van der Waals surface area contributed by atoms with E-state index in [1.54, 1.807) is 11.0 Å². The van der Waals surface area contributed by atoms with Gasteiger partial charge >= 0.3 is 0 Å². The molecule has 1 unspecified atom stereocenters. The molecule has 1 aromatic rings. The van der Waals surface area contributed by atoms with E-state index in [9.17, 15) is 18.4 Å². The van der Waals surface area contributed by atoms with Crippen LogP contribution in [0.25, 0.3) is 0 Å². The van der Waals surface area contributed by atoms with Gasteiger partial charge in [0.1, 0.15) is 0 Å². The molecule has 1 spiro atoms. The predicted molar refractivity (Wildman–Crippen MR) is 105 cm³/mol. The summed E-state index contributed by atoms with van der Waals surface area (Å²) < 4.78 is 26.7. The molecule has 4 rings (SSSR count). The third-order valence-electron chi connectivity index (χ3n) is 6.67. The van der Waals surface area contributed by atoms with Gasteiger partial charge < -0.3 is 9.80 Å². The maximum atomic E-state index is 13.5. The number of carbonyl (C=O) groups is 2. The Morgan fingerprint density at radius 1 is 1.00 bits per heavy atom. The number of amides is 2. The van der Waals surface area contributed by atoms with E-state index in [-0.39, 0.29) is 23.8 Å². The highest BCUT2D eigenvalue weighted by atomic mass is 19.2. The molecule has 3 aliphatic rings. The molecular formula is C22H29F2N3O2. The molecular weight excluding hydrogens is 376 g/mol. The van der Waals surface area contributed by atoms with Crippen molar-refractivity contribution in [2.45, 2.75) is 45.1 Å². The van der Waals surface area contributed by atoms with Crippen LogP contribution in [0.4, 0.5) is 8.78 Å². The first-order chi connectivity index (χ1) is 13.9. The average molecular weight is 405 g/mol. The van der Waals surface area contributed by atoms with Gasteiger partial charge in [-0.3, -0.25) is 14.5 Å². The quantitative estimate of drug-likeness (QED) is 0.774. The smallest absolute Gasteiger partial charge is 0.242 e. The molecule has 7 heteroatoms. The highest BCUT2D eigenvalue weighted by Gasteiger charge is 2.43. The summed E-state index contributed by atoms with van der Waals surface area (Å²) in [5.41, 5.74) is 0.841. The first kappa shape index (κ1) is 20.3. The fraction of sp³-hybridized carbons (Fsp3) is 0.636. The van der Waals surface area contributed by atoms with Crippen LogP contribution in [0.5, 0.6) is 0 Å². The maximum absolute atomic E-state index is 13.5. The van der Waals surface area contributed by atoms with E-state index in [1.165, 1.54) is 12.1 Å². The zero-order valence-corrected chi connectivity index (χ0v) is 16.8. The van der Waals surface area contributed by atoms with Gasteiger partial charge in [-0.2, -0.15) is 0 Å². The Kier molecular flexibility index (Phi) is 5.86. The Bertz CT molecular complexity index is 787. The van der Waals surface area contributed by atoms with E-state index in [0.29, 0.717) is 19.5 Å². The number of piperidine rings is 2. The van der Waals surface area contributed by atoms with Crippen molar-refractivity contribution in [3.63, 3.8) is 0 Å². The normalized spacial score (nSPS) is 25.8. The predicted octanol–water partition coefficient (Wildman–Crippen LogP) is 2.79. The second-order valence-corrected chi connectivity index (χ2v) is 8.90. The van der Waals surface area contributed by atoms with Gasteiger partial charge in [0.25, 0.3) is 0 Å². The largest absolute Gasteiger partial charge is 0.341 e. The fourth-order valence-electron chi connectivity index (χ4n) is 5.11. The van der Waals surface area contributed by atoms with E-state index in [2.05, 4.69) is 4.90 Å². The van der Waals surface area contributed by atoms with Crippen molar-refractivity contribution in [2.75, 3.05) is 39.3 Å². The Morgan fingerprint density at radius 3 is 2.66 bits per heavy atom. The third kappa shape index (κ3) is 4.60. The molecule has 5 nitrogen and oxygen atoms in total. The van der Waals surface area contributed by atoms with Crippen molar-refractivity contribution in [1.29, 1.82) is 0 Å². The average Bonchev–Trinajstić information content (AvgIpc) is 3.10. The molecule has 3 aliphatic heterocycles. The lowest BCUT2D eigenvalue weighted by molar-refractivity contribution is -0.141. The van der Waals surface area contributed by atoms with E-state index >= 15 is 0 Å². The van der Waals surface area contributed by atoms with Crippen molar-refractivity contribution >= 4 is 11.8 Å². The first-order valence-corrected chi connectivity index (χ1v) is 10.7. The molecule has 1 aromatic carbocycles. The minimum atomic E-state index is -0.819. The van der Waals surface area contributed by atoms with Crippen molar-refractivity contribution in [3.8, 4) is 0 Å². The van der Waals surface area contributed by atoms with Crippen LogP contribution in [0.15, 0.2) is 18.2 Å². The minimum absolute atomic E-state index is 0.0508. The molecule has 0 radical (unpaired) electrons. The molecule has 2 amide bonds. The minimum Gasteiger partial charge on any atom is -0.341 e. The summed E-state index contributed by atoms with van der Waals surface area (Å²) in [6.45, 7) is 4.73. The number of hydrogen-bond donors (Lipinski definition) is 0. The van der Waals surface area contributed by atoms with Gasteiger partial charge in [0.15, 0.2) is 11.6 Å². The molecule has 29 heavy (non-hydrogen) atoms. The zero-order valence-electron chi connectivity index (χ0n) is 16.8. The summed E-state index contributed by atoms with van der Waals surface area (Å²) >= 11 is 0. The lowest BCUT2D eigenvalue weighted by Crippen LogP contribution is -2.47. The van der Waals surface area contributed by atoms with E-state index in [1.807, 2.05) is 4.90 Å². The Labute approximate surface area is 170 Å². The van der Waals surface area contributed by atoms with Gasteiger partial charge in [0, 0.05) is 44.6 Å². The van der Waals surface area contributed by atoms with Gasteiger partial charge in [-0.15, -0.1) is 0 Å². The van der Waals surface area contributed by atoms with Crippen LogP contribution in [0.2, 0.25) is 0 Å². The number of hydrogen-bond acceptors (Lipinski definition) is 3. The summed E-state index contributed by atoms with van der Waals surface area (Å²) in [4.78, 5) is 30.7. The lowest BCUT2D eigenvalue weighted by Gasteiger charge is -2.40. The SMILES string of the molecule is O=C1CCCCN1CC(=O)N1CCC2(CCCN(Cc3ccc(F)c(F)c3)C2)C1. The molecule has 0 N–H and O–H groups in total. The number of rotatable bonds is 4. The summed E-state index contributed by atoms with van der Waals surface area (Å²) in [6, 6.07) is 4.10. The molecule has 158 valence electrons. The zero-order chi connectivity index (χ0) is 20.4. The second kappa shape index (κ2) is 8.38. The fourth-order valence-corrected chi connectivity index (χ4v) is 5.11. The van der Waals surface area contributed by atoms with Crippen molar-refractivity contribution in [3.05, 3.63) is 35.4 Å². The molecule has 0 bridgehead atoms. The van der Waals surface area contributed by atoms with E-state index < -0.39 is 11.6 Å². The van der Waals surface area contributed by atoms with Gasteiger partial charge in [-0.05, 0) is 56.3 Å². The van der Waals surface area contributed by atoms with Gasteiger partial charge in [0.05, 0.1) is 6.54 Å². The molecule has 3 fully saturated rings. The number of benzene rings is 1. The Morgan fingerprint density at radius 2 is 1.86 bits per heavy atom. The first-order valence-electron chi connectivity index (χ1n) is 10.7. The number of likely N-dealkylation sites (tertiary alicyclic amines) is 3. The summed E-state index contributed by atoms with van der Waals surface area (Å²) in [5.74, 6) is -1.48. The van der Waals surface area contributed by atoms with Crippen LogP contribution >= 0.6 is 0 Å². The molecule has 0 aliphatic carbocycles. The Hall–Kier alpha value is -2.02. The van der Waals surface area contributed by atoms with Crippen molar-refractivity contribution in [1.82, 2.24) is 14.7 Å². The van der Waals surface area contributed by atoms with Crippen LogP contribution in [0.1, 0.15) is 44.1 Å². The number of halogens is 2. The second-order valence-electron chi connectivity index (χ2n) is 8.90. The van der Waals surface area contributed by atoms with Gasteiger partial charge in [-0.25, -0.2) is 8.78 Å². The highest BCUT2D eigenvalue weighted by molar-refractivity contribution is 5.85. The summed E-state index contributed by atoms with van der Waals surface area (Å²) in [6.07, 6.45) is 5.52. The number of nitrogens with zero attached hydrogens (tertiary/aromatic N) is 3. The number of carbonyl (C=O) groups excluding carboxylic acids is 2. The van der Waals surface area contributed by atoms with Crippen LogP contribution in [-0.2, 0) is 16.1 Å². The van der Waals surface area contributed by atoms with Gasteiger partial charge in [-0.1, -0.05) is 6.07 Å². The van der Waals surface area contributed by atoms with Crippen LogP contribution < -0.4 is 0 Å². The van der Waals surface area contributed by atoms with E-state index in [4.69, 9.17) is 0 Å². The third-order valence-corrected chi connectivity index (χ3v) is 6.67. The van der Waals surface area contributed by atoms with E-state index in [0.717, 1.165) is 63.8 Å². The Balaban J connectivity index is 1.34. The van der Waals surface area contributed by atoms with Crippen LogP contribution in [-0.4, -0.2) is 65.8 Å². The summed E-state index contributed by atoms with van der Waals surface area (Å²) in [5, 5.41) is 0. The lowest BCUT2D eigenvalue weighted by atomic mass is 9.79. The monoisotopic (exact) mass is 405 g/mol. The molecule has 1 atom stereocenters.